The molecule has 94 valence electrons. The van der Waals surface area contributed by atoms with Crippen molar-refractivity contribution >= 4 is 11.8 Å². The molecule has 2 unspecified atom stereocenters. The Morgan fingerprint density at radius 1 is 1.41 bits per heavy atom. The summed E-state index contributed by atoms with van der Waals surface area (Å²) in [5.74, 6) is 0. The van der Waals surface area contributed by atoms with Gasteiger partial charge < -0.3 is 5.73 Å². The number of aromatic nitrogens is 1. The zero-order chi connectivity index (χ0) is 12.3. The van der Waals surface area contributed by atoms with Crippen LogP contribution in [-0.4, -0.2) is 33.5 Å². The van der Waals surface area contributed by atoms with E-state index in [1.807, 2.05) is 12.3 Å². The van der Waals surface area contributed by atoms with Crippen LogP contribution in [0, 0.1) is 0 Å². The van der Waals surface area contributed by atoms with E-state index in [9.17, 15) is 0 Å². The molecule has 2 N–H and O–H groups in total. The number of hydrogen-bond donors (Lipinski definition) is 1. The van der Waals surface area contributed by atoms with Crippen molar-refractivity contribution in [3.63, 3.8) is 0 Å². The van der Waals surface area contributed by atoms with E-state index in [4.69, 9.17) is 5.73 Å². The molecule has 0 spiro atoms. The van der Waals surface area contributed by atoms with Gasteiger partial charge >= 0.3 is 0 Å². The van der Waals surface area contributed by atoms with Gasteiger partial charge in [0.2, 0.25) is 0 Å². The van der Waals surface area contributed by atoms with Crippen molar-refractivity contribution in [3.05, 3.63) is 29.6 Å². The third-order valence-electron chi connectivity index (χ3n) is 3.07. The number of rotatable bonds is 3. The second kappa shape index (κ2) is 5.85. The first-order valence-corrected chi connectivity index (χ1v) is 7.14. The molecule has 2 rings (SSSR count). The van der Waals surface area contributed by atoms with Crippen molar-refractivity contribution in [2.24, 2.45) is 5.73 Å². The Morgan fingerprint density at radius 3 is 2.76 bits per heavy atom. The van der Waals surface area contributed by atoms with Crippen LogP contribution in [0.3, 0.4) is 0 Å². The van der Waals surface area contributed by atoms with Gasteiger partial charge in [0.15, 0.2) is 0 Å². The lowest BCUT2D eigenvalue weighted by Crippen LogP contribution is -2.40. The normalized spacial score (nSPS) is 26.1. The lowest BCUT2D eigenvalue weighted by molar-refractivity contribution is 0.259. The molecule has 1 saturated heterocycles. The number of nitrogens with two attached hydrogens (primary N) is 1. The predicted molar refractivity (Wildman–Crippen MR) is 73.9 cm³/mol. The van der Waals surface area contributed by atoms with E-state index in [0.29, 0.717) is 17.0 Å². The van der Waals surface area contributed by atoms with Crippen LogP contribution in [0.4, 0.5) is 0 Å². The topological polar surface area (TPSA) is 42.2 Å². The number of nitrogens with zero attached hydrogens (tertiary/aromatic N) is 2. The average Bonchev–Trinajstić information content (AvgIpc) is 2.28. The Hall–Kier alpha value is -0.580. The molecule has 0 aromatic carbocycles. The highest BCUT2D eigenvalue weighted by Crippen LogP contribution is 2.25. The quantitative estimate of drug-likeness (QED) is 0.890. The van der Waals surface area contributed by atoms with E-state index in [1.54, 1.807) is 0 Å². The zero-order valence-electron chi connectivity index (χ0n) is 10.6. The third-order valence-corrected chi connectivity index (χ3v) is 4.30. The molecule has 2 heterocycles. The first-order chi connectivity index (χ1) is 8.19. The molecule has 1 fully saturated rings. The standard InChI is InChI=1S/C13H21N3S/c1-10-7-16(8-11(2)17-10)9-13-12(6-14)4-3-5-15-13/h3-5,10-11H,6-9,14H2,1-2H3. The molecule has 3 nitrogen and oxygen atoms in total. The van der Waals surface area contributed by atoms with Gasteiger partial charge in [0.25, 0.3) is 0 Å². The van der Waals surface area contributed by atoms with E-state index in [0.717, 1.165) is 25.3 Å². The SMILES string of the molecule is CC1CN(Cc2ncccc2CN)CC(C)S1. The predicted octanol–water partition coefficient (Wildman–Crippen LogP) is 1.87. The summed E-state index contributed by atoms with van der Waals surface area (Å²) < 4.78 is 0. The van der Waals surface area contributed by atoms with E-state index < -0.39 is 0 Å². The minimum atomic E-state index is 0.580. The van der Waals surface area contributed by atoms with Gasteiger partial charge in [-0.05, 0) is 11.6 Å². The van der Waals surface area contributed by atoms with Crippen LogP contribution < -0.4 is 5.73 Å². The first kappa shape index (κ1) is 12.9. The van der Waals surface area contributed by atoms with Gasteiger partial charge in [-0.25, -0.2) is 0 Å². The molecule has 0 radical (unpaired) electrons. The summed E-state index contributed by atoms with van der Waals surface area (Å²) in [6, 6.07) is 4.04. The van der Waals surface area contributed by atoms with Crippen LogP contribution in [0.2, 0.25) is 0 Å². The average molecular weight is 251 g/mol. The van der Waals surface area contributed by atoms with Crippen LogP contribution in [0.25, 0.3) is 0 Å². The molecule has 1 aromatic heterocycles. The van der Waals surface area contributed by atoms with Gasteiger partial charge in [-0.3, -0.25) is 9.88 Å². The van der Waals surface area contributed by atoms with Crippen molar-refractivity contribution in [2.75, 3.05) is 13.1 Å². The van der Waals surface area contributed by atoms with E-state index >= 15 is 0 Å². The highest BCUT2D eigenvalue weighted by molar-refractivity contribution is 8.00. The van der Waals surface area contributed by atoms with Crippen molar-refractivity contribution < 1.29 is 0 Å². The maximum Gasteiger partial charge on any atom is 0.0588 e. The fourth-order valence-electron chi connectivity index (χ4n) is 2.42. The third kappa shape index (κ3) is 3.44. The maximum absolute atomic E-state index is 5.75. The largest absolute Gasteiger partial charge is 0.326 e. The summed E-state index contributed by atoms with van der Waals surface area (Å²) in [5.41, 5.74) is 8.06. The monoisotopic (exact) mass is 251 g/mol. The van der Waals surface area contributed by atoms with Crippen molar-refractivity contribution in [1.29, 1.82) is 0 Å². The Labute approximate surface area is 108 Å². The van der Waals surface area contributed by atoms with Crippen molar-refractivity contribution in [1.82, 2.24) is 9.88 Å². The van der Waals surface area contributed by atoms with E-state index in [-0.39, 0.29) is 0 Å². The molecule has 4 heteroatoms. The first-order valence-electron chi connectivity index (χ1n) is 6.19. The Kier molecular flexibility index (Phi) is 4.42. The van der Waals surface area contributed by atoms with Crippen LogP contribution in [-0.2, 0) is 13.1 Å². The van der Waals surface area contributed by atoms with Gasteiger partial charge in [0, 0.05) is 42.9 Å². The summed E-state index contributed by atoms with van der Waals surface area (Å²) in [6.07, 6.45) is 1.86. The smallest absolute Gasteiger partial charge is 0.0588 e. The fourth-order valence-corrected chi connectivity index (χ4v) is 3.81. The van der Waals surface area contributed by atoms with Crippen LogP contribution >= 0.6 is 11.8 Å². The second-order valence-corrected chi connectivity index (χ2v) is 6.65. The van der Waals surface area contributed by atoms with Gasteiger partial charge in [-0.15, -0.1) is 0 Å². The van der Waals surface area contributed by atoms with Crippen LogP contribution in [0.15, 0.2) is 18.3 Å². The molecule has 0 amide bonds. The van der Waals surface area contributed by atoms with Crippen molar-refractivity contribution in [3.8, 4) is 0 Å². The summed E-state index contributed by atoms with van der Waals surface area (Å²) in [4.78, 5) is 6.96. The molecule has 1 aliphatic heterocycles. The molecule has 2 atom stereocenters. The highest BCUT2D eigenvalue weighted by Gasteiger charge is 2.22. The Morgan fingerprint density at radius 2 is 2.12 bits per heavy atom. The van der Waals surface area contributed by atoms with E-state index in [1.165, 1.54) is 5.56 Å². The fraction of sp³-hybridized carbons (Fsp3) is 0.615. The minimum absolute atomic E-state index is 0.580. The van der Waals surface area contributed by atoms with Gasteiger partial charge in [0.05, 0.1) is 5.69 Å². The molecule has 0 saturated carbocycles. The van der Waals surface area contributed by atoms with Gasteiger partial charge in [0.1, 0.15) is 0 Å². The van der Waals surface area contributed by atoms with Crippen LogP contribution in [0.1, 0.15) is 25.1 Å². The molecule has 17 heavy (non-hydrogen) atoms. The summed E-state index contributed by atoms with van der Waals surface area (Å²) in [6.45, 7) is 8.41. The van der Waals surface area contributed by atoms with E-state index in [2.05, 4.69) is 41.6 Å². The number of pyridine rings is 1. The molecular formula is C13H21N3S. The second-order valence-electron chi connectivity index (χ2n) is 4.76. The summed E-state index contributed by atoms with van der Waals surface area (Å²) >= 11 is 2.08. The molecule has 1 aromatic rings. The molecule has 0 bridgehead atoms. The number of thioether (sulfide) groups is 1. The molecule has 0 aliphatic carbocycles. The van der Waals surface area contributed by atoms with Crippen LogP contribution in [0.5, 0.6) is 0 Å². The zero-order valence-corrected chi connectivity index (χ0v) is 11.4. The molecule has 1 aliphatic rings. The lowest BCUT2D eigenvalue weighted by Gasteiger charge is -2.34. The Balaban J connectivity index is 2.04. The molecular weight excluding hydrogens is 230 g/mol. The lowest BCUT2D eigenvalue weighted by atomic mass is 10.1. The Bertz CT molecular complexity index is 359. The summed E-state index contributed by atoms with van der Waals surface area (Å²) in [5, 5.41) is 1.42. The van der Waals surface area contributed by atoms with Crippen molar-refractivity contribution in [2.45, 2.75) is 37.4 Å². The highest BCUT2D eigenvalue weighted by atomic mass is 32.2. The minimum Gasteiger partial charge on any atom is -0.326 e. The number of hydrogen-bond acceptors (Lipinski definition) is 4. The van der Waals surface area contributed by atoms with Gasteiger partial charge in [-0.2, -0.15) is 11.8 Å². The summed E-state index contributed by atoms with van der Waals surface area (Å²) in [7, 11) is 0. The maximum atomic E-state index is 5.75. The van der Waals surface area contributed by atoms with Gasteiger partial charge in [-0.1, -0.05) is 19.9 Å².